The van der Waals surface area contributed by atoms with Gasteiger partial charge in [0.1, 0.15) is 0 Å². The van der Waals surface area contributed by atoms with Gasteiger partial charge in [-0.05, 0) is 74.2 Å². The second-order valence-electron chi connectivity index (χ2n) is 9.50. The molecule has 0 aromatic rings. The molecule has 7 atom stereocenters. The van der Waals surface area contributed by atoms with Gasteiger partial charge < -0.3 is 10.2 Å². The minimum absolute atomic E-state index is 0.0233. The lowest BCUT2D eigenvalue weighted by Gasteiger charge is -2.60. The molecule has 3 saturated carbocycles. The maximum atomic E-state index is 11.9. The second-order valence-corrected chi connectivity index (χ2v) is 9.50. The molecule has 0 bridgehead atoms. The highest BCUT2D eigenvalue weighted by Crippen LogP contribution is 2.67. The maximum Gasteiger partial charge on any atom is 0.155 e. The Kier molecular flexibility index (Phi) is 3.61. The molecule has 3 heteroatoms. The van der Waals surface area contributed by atoms with E-state index in [-0.39, 0.29) is 28.6 Å². The molecule has 4 aliphatic carbocycles. The Morgan fingerprint density at radius 2 is 1.96 bits per heavy atom. The van der Waals surface area contributed by atoms with E-state index in [2.05, 4.69) is 20.8 Å². The van der Waals surface area contributed by atoms with Gasteiger partial charge in [0, 0.05) is 11.8 Å². The number of hydrogen-bond donors (Lipinski definition) is 2. The van der Waals surface area contributed by atoms with Gasteiger partial charge in [0.15, 0.2) is 5.78 Å². The monoisotopic (exact) mass is 332 g/mol. The maximum absolute atomic E-state index is 11.9. The summed E-state index contributed by atoms with van der Waals surface area (Å²) in [7, 11) is 0. The summed E-state index contributed by atoms with van der Waals surface area (Å²) in [6, 6.07) is 0. The molecule has 3 fully saturated rings. The van der Waals surface area contributed by atoms with Crippen LogP contribution >= 0.6 is 0 Å². The normalized spacial score (nSPS) is 53.9. The van der Waals surface area contributed by atoms with E-state index in [0.717, 1.165) is 38.5 Å². The Hall–Kier alpha value is -0.670. The van der Waals surface area contributed by atoms with Crippen molar-refractivity contribution in [1.29, 1.82) is 0 Å². The first-order valence-electron chi connectivity index (χ1n) is 9.89. The standard InChI is InChI=1S/C21H32O3/c1-4-21(24)10-8-16-15-6-5-13-11-14(22)7-9-19(13,2)18(15)17(23)12-20(16,21)3/h11,15-18,23-24H,4-10,12H2,1-3H3/t15?,16?,17-,18?,19-,20-,21+/m0/s1. The Balaban J connectivity index is 1.74. The SMILES string of the molecule is CC[C@@]1(O)CCC2C3CCC4=CC(=O)CC[C@]4(C)C3[C@@H](O)C[C@@]21C. The third-order valence-corrected chi connectivity index (χ3v) is 8.80. The van der Waals surface area contributed by atoms with Gasteiger partial charge in [-0.2, -0.15) is 0 Å². The first-order chi connectivity index (χ1) is 11.2. The minimum atomic E-state index is -0.622. The van der Waals surface area contributed by atoms with Crippen molar-refractivity contribution in [2.45, 2.75) is 83.8 Å². The highest BCUT2D eigenvalue weighted by Gasteiger charge is 2.65. The van der Waals surface area contributed by atoms with Crippen molar-refractivity contribution >= 4 is 5.78 Å². The molecule has 4 rings (SSSR count). The predicted octanol–water partition coefficient (Wildman–Crippen LogP) is 3.63. The number of aliphatic hydroxyl groups excluding tert-OH is 1. The van der Waals surface area contributed by atoms with Crippen molar-refractivity contribution < 1.29 is 15.0 Å². The number of carbonyl (C=O) groups is 1. The average molecular weight is 332 g/mol. The van der Waals surface area contributed by atoms with Crippen molar-refractivity contribution in [1.82, 2.24) is 0 Å². The number of rotatable bonds is 1. The van der Waals surface area contributed by atoms with Gasteiger partial charge in [0.2, 0.25) is 0 Å². The lowest BCUT2D eigenvalue weighted by atomic mass is 9.45. The van der Waals surface area contributed by atoms with Crippen LogP contribution in [0.15, 0.2) is 11.6 Å². The highest BCUT2D eigenvalue weighted by molar-refractivity contribution is 5.91. The molecule has 0 amide bonds. The molecule has 134 valence electrons. The van der Waals surface area contributed by atoms with E-state index in [1.54, 1.807) is 0 Å². The van der Waals surface area contributed by atoms with Gasteiger partial charge >= 0.3 is 0 Å². The Bertz CT molecular complexity index is 596. The zero-order valence-electron chi connectivity index (χ0n) is 15.3. The van der Waals surface area contributed by atoms with Crippen LogP contribution < -0.4 is 0 Å². The summed E-state index contributed by atoms with van der Waals surface area (Å²) in [6.07, 6.45) is 8.53. The molecule has 24 heavy (non-hydrogen) atoms. The summed E-state index contributed by atoms with van der Waals surface area (Å²) in [5, 5.41) is 22.4. The van der Waals surface area contributed by atoms with Crippen LogP contribution in [0.3, 0.4) is 0 Å². The predicted molar refractivity (Wildman–Crippen MR) is 93.3 cm³/mol. The minimum Gasteiger partial charge on any atom is -0.393 e. The van der Waals surface area contributed by atoms with Gasteiger partial charge in [0.05, 0.1) is 11.7 Å². The van der Waals surface area contributed by atoms with Crippen LogP contribution in [0.4, 0.5) is 0 Å². The number of ketones is 1. The fourth-order valence-electron chi connectivity index (χ4n) is 7.36. The van der Waals surface area contributed by atoms with Gasteiger partial charge in [-0.15, -0.1) is 0 Å². The van der Waals surface area contributed by atoms with Crippen molar-refractivity contribution in [2.24, 2.45) is 28.6 Å². The van der Waals surface area contributed by atoms with Crippen LogP contribution in [0.2, 0.25) is 0 Å². The molecular weight excluding hydrogens is 300 g/mol. The van der Waals surface area contributed by atoms with Crippen molar-refractivity contribution in [3.05, 3.63) is 11.6 Å². The van der Waals surface area contributed by atoms with Crippen LogP contribution in [-0.2, 0) is 4.79 Å². The molecular formula is C21H32O3. The van der Waals surface area contributed by atoms with Crippen LogP contribution in [0.1, 0.15) is 72.1 Å². The van der Waals surface area contributed by atoms with Crippen LogP contribution in [0, 0.1) is 28.6 Å². The summed E-state index contributed by atoms with van der Waals surface area (Å²) >= 11 is 0. The number of hydrogen-bond acceptors (Lipinski definition) is 3. The molecule has 0 aromatic heterocycles. The molecule has 0 radical (unpaired) electrons. The average Bonchev–Trinajstić information content (AvgIpc) is 2.79. The smallest absolute Gasteiger partial charge is 0.155 e. The van der Waals surface area contributed by atoms with Crippen LogP contribution in [-0.4, -0.2) is 27.7 Å². The Morgan fingerprint density at radius 3 is 2.67 bits per heavy atom. The number of fused-ring (bicyclic) bond motifs is 5. The highest BCUT2D eigenvalue weighted by atomic mass is 16.3. The molecule has 3 nitrogen and oxygen atoms in total. The summed E-state index contributed by atoms with van der Waals surface area (Å²) in [5.41, 5.74) is 0.476. The van der Waals surface area contributed by atoms with Gasteiger partial charge in [-0.25, -0.2) is 0 Å². The van der Waals surface area contributed by atoms with Crippen LogP contribution in [0.25, 0.3) is 0 Å². The summed E-state index contributed by atoms with van der Waals surface area (Å²) in [4.78, 5) is 11.9. The molecule has 2 N–H and O–H groups in total. The van der Waals surface area contributed by atoms with Gasteiger partial charge in [-0.3, -0.25) is 4.79 Å². The van der Waals surface area contributed by atoms with E-state index >= 15 is 0 Å². The Labute approximate surface area is 145 Å². The topological polar surface area (TPSA) is 57.5 Å². The fourth-order valence-corrected chi connectivity index (χ4v) is 7.36. The van der Waals surface area contributed by atoms with E-state index in [9.17, 15) is 15.0 Å². The van der Waals surface area contributed by atoms with Crippen molar-refractivity contribution in [3.8, 4) is 0 Å². The van der Waals surface area contributed by atoms with E-state index in [1.165, 1.54) is 5.57 Å². The van der Waals surface area contributed by atoms with E-state index < -0.39 is 5.60 Å². The molecule has 0 heterocycles. The summed E-state index contributed by atoms with van der Waals surface area (Å²) in [6.45, 7) is 6.60. The zero-order valence-corrected chi connectivity index (χ0v) is 15.3. The lowest BCUT2D eigenvalue weighted by Crippen LogP contribution is -2.59. The summed E-state index contributed by atoms with van der Waals surface area (Å²) in [5.74, 6) is 1.50. The Morgan fingerprint density at radius 1 is 1.21 bits per heavy atom. The van der Waals surface area contributed by atoms with Gasteiger partial charge in [0.25, 0.3) is 0 Å². The molecule has 4 aliphatic rings. The van der Waals surface area contributed by atoms with Crippen molar-refractivity contribution in [3.63, 3.8) is 0 Å². The quantitative estimate of drug-likeness (QED) is 0.771. The molecule has 0 saturated heterocycles. The zero-order chi connectivity index (χ0) is 17.3. The first-order valence-corrected chi connectivity index (χ1v) is 9.89. The number of carbonyl (C=O) groups excluding carboxylic acids is 1. The molecule has 0 aliphatic heterocycles. The fraction of sp³-hybridized carbons (Fsp3) is 0.857. The second kappa shape index (κ2) is 5.17. The first kappa shape index (κ1) is 16.8. The summed E-state index contributed by atoms with van der Waals surface area (Å²) < 4.78 is 0. The van der Waals surface area contributed by atoms with Crippen molar-refractivity contribution in [2.75, 3.05) is 0 Å². The molecule has 0 spiro atoms. The molecule has 0 aromatic carbocycles. The van der Waals surface area contributed by atoms with Crippen LogP contribution in [0.5, 0.6) is 0 Å². The number of allylic oxidation sites excluding steroid dienone is 1. The van der Waals surface area contributed by atoms with E-state index in [4.69, 9.17) is 0 Å². The third kappa shape index (κ3) is 1.94. The van der Waals surface area contributed by atoms with Gasteiger partial charge in [-0.1, -0.05) is 26.3 Å². The van der Waals surface area contributed by atoms with E-state index in [0.29, 0.717) is 24.7 Å². The lowest BCUT2D eigenvalue weighted by molar-refractivity contribution is -0.172. The number of aliphatic hydroxyl groups is 2. The largest absolute Gasteiger partial charge is 0.393 e. The van der Waals surface area contributed by atoms with E-state index in [1.807, 2.05) is 6.08 Å². The third-order valence-electron chi connectivity index (χ3n) is 8.80. The molecule has 3 unspecified atom stereocenters.